The molecule has 14 heteroatoms. The van der Waals surface area contributed by atoms with Gasteiger partial charge < -0.3 is 27.6 Å². The van der Waals surface area contributed by atoms with Crippen LogP contribution in [-0.4, -0.2) is 43.4 Å². The zero-order chi connectivity index (χ0) is 36.9. The molecular formula is C40H28B2N8O4. The van der Waals surface area contributed by atoms with Crippen LogP contribution in [0.4, 0.5) is 0 Å². The summed E-state index contributed by atoms with van der Waals surface area (Å²) in [7, 11) is -2.10. The lowest BCUT2D eigenvalue weighted by molar-refractivity contribution is 0.473. The van der Waals surface area contributed by atoms with Crippen LogP contribution in [0.5, 0.6) is 23.0 Å². The summed E-state index contributed by atoms with van der Waals surface area (Å²) in [6, 6.07) is 28.6. The van der Waals surface area contributed by atoms with E-state index in [1.807, 2.05) is 103 Å². The molecule has 258 valence electrons. The number of nitriles is 1. The molecular weight excluding hydrogens is 678 g/mol. The molecule has 3 aromatic carbocycles. The van der Waals surface area contributed by atoms with Crippen LogP contribution in [0.3, 0.4) is 0 Å². The largest absolute Gasteiger partial charge is 0.743 e. The van der Waals surface area contributed by atoms with Gasteiger partial charge in [0, 0.05) is 46.8 Å². The molecule has 2 aliphatic heterocycles. The topological polar surface area (TPSA) is 126 Å². The molecule has 0 amide bonds. The molecule has 6 heterocycles. The van der Waals surface area contributed by atoms with E-state index in [0.717, 1.165) is 16.8 Å². The maximum absolute atomic E-state index is 11.1. The third kappa shape index (κ3) is 5.07. The van der Waals surface area contributed by atoms with E-state index in [1.54, 1.807) is 36.9 Å². The average Bonchev–Trinajstić information content (AvgIpc) is 3.97. The number of nitrogens with zero attached hydrogens (tertiary/aromatic N) is 8. The molecule has 0 atom stereocenters. The normalized spacial score (nSPS) is 14.0. The highest BCUT2D eigenvalue weighted by atomic mass is 16.6. The fraction of sp³-hybridized carbons (Fsp3) is 0.100. The van der Waals surface area contributed by atoms with Gasteiger partial charge in [0.15, 0.2) is 11.6 Å². The van der Waals surface area contributed by atoms with Gasteiger partial charge in [0.1, 0.15) is 34.6 Å². The zero-order valence-electron chi connectivity index (χ0n) is 29.3. The van der Waals surface area contributed by atoms with E-state index >= 15 is 0 Å². The first-order chi connectivity index (χ1) is 26.5. The minimum Gasteiger partial charge on any atom is -0.503 e. The van der Waals surface area contributed by atoms with Crippen LogP contribution in [0.2, 0.25) is 0 Å². The second-order valence-electron chi connectivity index (χ2n) is 13.0. The predicted molar refractivity (Wildman–Crippen MR) is 202 cm³/mol. The molecule has 0 N–H and O–H groups in total. The molecule has 4 aromatic heterocycles. The van der Waals surface area contributed by atoms with Crippen molar-refractivity contribution in [1.29, 1.82) is 5.26 Å². The lowest BCUT2D eigenvalue weighted by Gasteiger charge is -2.18. The van der Waals surface area contributed by atoms with Gasteiger partial charge in [-0.1, -0.05) is 62.4 Å². The van der Waals surface area contributed by atoms with Crippen molar-refractivity contribution in [1.82, 2.24) is 28.9 Å². The number of aryl methyl sites for hydroxylation is 1. The summed E-state index contributed by atoms with van der Waals surface area (Å²) in [6.07, 6.45) is 6.40. The van der Waals surface area contributed by atoms with E-state index in [0.29, 0.717) is 50.2 Å². The molecule has 0 unspecified atom stereocenters. The average molecular weight is 706 g/mol. The number of rotatable bonds is 6. The molecule has 0 saturated heterocycles. The van der Waals surface area contributed by atoms with Gasteiger partial charge in [0.2, 0.25) is 0 Å². The number of hydrogen-bond acceptors (Lipinski definition) is 9. The maximum atomic E-state index is 11.1. The van der Waals surface area contributed by atoms with Crippen LogP contribution >= 0.6 is 0 Å². The molecule has 0 fully saturated rings. The van der Waals surface area contributed by atoms with Crippen LogP contribution in [0.15, 0.2) is 110 Å². The number of fused-ring (bicyclic) bond motifs is 3. The first-order valence-corrected chi connectivity index (χ1v) is 17.3. The second-order valence-corrected chi connectivity index (χ2v) is 13.0. The Hall–Kier alpha value is -7.31. The highest BCUT2D eigenvalue weighted by Crippen LogP contribution is 2.40. The summed E-state index contributed by atoms with van der Waals surface area (Å²) in [5, 5.41) is 13.3. The Morgan fingerprint density at radius 1 is 0.685 bits per heavy atom. The first-order valence-electron chi connectivity index (χ1n) is 17.3. The van der Waals surface area contributed by atoms with E-state index in [-0.39, 0.29) is 28.8 Å². The van der Waals surface area contributed by atoms with Crippen LogP contribution < -0.4 is 29.3 Å². The number of aromatic nitrogens is 6. The molecule has 54 heavy (non-hydrogen) atoms. The minimum absolute atomic E-state index is 0.153. The van der Waals surface area contributed by atoms with Gasteiger partial charge in [-0.2, -0.15) is 5.26 Å². The van der Waals surface area contributed by atoms with E-state index in [1.165, 1.54) is 0 Å². The van der Waals surface area contributed by atoms with Gasteiger partial charge in [-0.3, -0.25) is 0 Å². The fourth-order valence-corrected chi connectivity index (χ4v) is 7.26. The van der Waals surface area contributed by atoms with Gasteiger partial charge in [0.05, 0.1) is 23.0 Å². The lowest BCUT2D eigenvalue weighted by atomic mass is 9.99. The van der Waals surface area contributed by atoms with Crippen molar-refractivity contribution in [3.63, 3.8) is 0 Å². The smallest absolute Gasteiger partial charge is 0.503 e. The Balaban J connectivity index is 1.57. The van der Waals surface area contributed by atoms with Crippen molar-refractivity contribution < 1.29 is 18.6 Å². The van der Waals surface area contributed by atoms with Crippen LogP contribution in [0.25, 0.3) is 38.1 Å². The van der Waals surface area contributed by atoms with Crippen molar-refractivity contribution in [2.24, 2.45) is 0 Å². The molecule has 0 bridgehead atoms. The van der Waals surface area contributed by atoms with Crippen molar-refractivity contribution >= 4 is 36.5 Å². The zero-order valence-corrected chi connectivity index (χ0v) is 29.3. The van der Waals surface area contributed by atoms with Gasteiger partial charge >= 0.3 is 14.5 Å². The van der Waals surface area contributed by atoms with E-state index < -0.39 is 14.5 Å². The van der Waals surface area contributed by atoms with Crippen molar-refractivity contribution in [3.05, 3.63) is 155 Å². The molecule has 2 aliphatic rings. The summed E-state index contributed by atoms with van der Waals surface area (Å²) in [5.74, 6) is 2.39. The quantitative estimate of drug-likeness (QED) is 0.162. The fourth-order valence-electron chi connectivity index (χ4n) is 7.26. The van der Waals surface area contributed by atoms with Crippen molar-refractivity contribution in [2.75, 3.05) is 0 Å². The second kappa shape index (κ2) is 13.0. The van der Waals surface area contributed by atoms with Gasteiger partial charge in [-0.25, -0.2) is 24.8 Å². The summed E-state index contributed by atoms with van der Waals surface area (Å²) in [5.41, 5.74) is 3.42. The third-order valence-electron chi connectivity index (χ3n) is 9.43. The van der Waals surface area contributed by atoms with Gasteiger partial charge in [-0.15, -0.1) is 0 Å². The standard InChI is InChI=1S/C40H28B2N8O4/c1-24(2)35-32-33(37(27(23-43)39-45-19-11-20-46-39)49(35)41-51-28-15-7-8-16-29(28)52-41)36(26-14-6-5-13-25(26)3)50(42-53-30-17-9-10-18-31(30)54-42)38(32)34(44-4)40-47-21-12-22-48-40/h5-22,24H,1-3H3/b37-27-,38-34+. The molecule has 12 nitrogen and oxygen atoms in total. The Bertz CT molecular complexity index is 2720. The molecule has 7 aromatic rings. The van der Waals surface area contributed by atoms with Gasteiger partial charge in [0.25, 0.3) is 5.70 Å². The summed E-state index contributed by atoms with van der Waals surface area (Å²) >= 11 is 0. The van der Waals surface area contributed by atoms with Crippen LogP contribution in [0, 0.1) is 24.8 Å². The number of hydrogen-bond donors (Lipinski definition) is 0. The monoisotopic (exact) mass is 706 g/mol. The number of benzene rings is 3. The maximum Gasteiger partial charge on any atom is 0.743 e. The summed E-state index contributed by atoms with van der Waals surface area (Å²) in [6.45, 7) is 14.8. The van der Waals surface area contributed by atoms with E-state index in [9.17, 15) is 5.26 Å². The van der Waals surface area contributed by atoms with Crippen LogP contribution in [0.1, 0.15) is 42.7 Å². The van der Waals surface area contributed by atoms with Gasteiger partial charge in [-0.05, 0) is 54.8 Å². The van der Waals surface area contributed by atoms with E-state index in [4.69, 9.17) is 25.2 Å². The Labute approximate surface area is 310 Å². The molecule has 0 spiro atoms. The van der Waals surface area contributed by atoms with Crippen LogP contribution in [-0.2, 0) is 0 Å². The summed E-state index contributed by atoms with van der Waals surface area (Å²) in [4.78, 5) is 22.3. The SMILES string of the molecule is [C-]#[N+]/C(c1ncccn1)=c1\c2c(C(C)C)n(B3Oc4ccccc4O3)/c(=C(/C#N)c3ncccn3)c2c(-c2ccccc2C)n1B1Oc2ccccc2O1. The molecule has 0 saturated carbocycles. The predicted octanol–water partition coefficient (Wildman–Crippen LogP) is 5.53. The molecule has 0 aliphatic carbocycles. The Morgan fingerprint density at radius 3 is 1.69 bits per heavy atom. The molecule has 0 radical (unpaired) electrons. The number of para-hydroxylation sites is 4. The van der Waals surface area contributed by atoms with E-state index in [2.05, 4.69) is 30.9 Å². The minimum atomic E-state index is -1.07. The Morgan fingerprint density at radius 2 is 1.19 bits per heavy atom. The van der Waals surface area contributed by atoms with Crippen molar-refractivity contribution in [2.45, 2.75) is 26.7 Å². The highest BCUT2D eigenvalue weighted by molar-refractivity contribution is 6.48. The lowest BCUT2D eigenvalue weighted by Crippen LogP contribution is -2.45. The highest BCUT2D eigenvalue weighted by Gasteiger charge is 2.45. The Kier molecular flexibility index (Phi) is 7.86. The first kappa shape index (κ1) is 32.6. The third-order valence-corrected chi connectivity index (χ3v) is 9.43. The summed E-state index contributed by atoms with van der Waals surface area (Å²) < 4.78 is 30.0. The molecule has 9 rings (SSSR count). The van der Waals surface area contributed by atoms with Crippen molar-refractivity contribution in [3.8, 4) is 40.3 Å².